The molecule has 0 aromatic heterocycles. The van der Waals surface area contributed by atoms with E-state index in [9.17, 15) is 9.18 Å². The van der Waals surface area contributed by atoms with Crippen molar-refractivity contribution in [3.8, 4) is 6.07 Å². The van der Waals surface area contributed by atoms with E-state index in [1.54, 1.807) is 0 Å². The van der Waals surface area contributed by atoms with Gasteiger partial charge in [0.2, 0.25) is 0 Å². The Labute approximate surface area is 110 Å². The quantitative estimate of drug-likeness (QED) is 0.847. The molecule has 5 nitrogen and oxygen atoms in total. The maximum Gasteiger partial charge on any atom is 0.406 e. The molecular formula is C13H12FN3O2. The summed E-state index contributed by atoms with van der Waals surface area (Å²) in [4.78, 5) is 14.1. The number of ether oxygens (including phenoxy) is 1. The van der Waals surface area contributed by atoms with E-state index in [0.717, 1.165) is 6.07 Å². The number of nitrogens with one attached hydrogen (secondary N) is 1. The van der Waals surface area contributed by atoms with E-state index in [1.807, 2.05) is 6.07 Å². The predicted molar refractivity (Wildman–Crippen MR) is 66.0 cm³/mol. The second-order valence-corrected chi connectivity index (χ2v) is 3.70. The van der Waals surface area contributed by atoms with Crippen molar-refractivity contribution in [2.24, 2.45) is 0 Å². The molecule has 6 heteroatoms. The molecule has 1 aromatic rings. The number of rotatable bonds is 4. The molecule has 19 heavy (non-hydrogen) atoms. The van der Waals surface area contributed by atoms with Gasteiger partial charge in [0.1, 0.15) is 5.82 Å². The third-order valence-electron chi connectivity index (χ3n) is 2.53. The lowest BCUT2D eigenvalue weighted by Gasteiger charge is -2.11. The van der Waals surface area contributed by atoms with Gasteiger partial charge >= 0.3 is 6.09 Å². The van der Waals surface area contributed by atoms with Crippen LogP contribution in [0.1, 0.15) is 17.9 Å². The fourth-order valence-electron chi connectivity index (χ4n) is 1.59. The van der Waals surface area contributed by atoms with Crippen LogP contribution in [0.5, 0.6) is 0 Å². The lowest BCUT2D eigenvalue weighted by Crippen LogP contribution is -2.25. The highest BCUT2D eigenvalue weighted by molar-refractivity contribution is 5.66. The fraction of sp³-hybridized carbons (Fsp3) is 0.308. The maximum atomic E-state index is 13.0. The number of carbonyl (C=O) groups is 1. The second kappa shape index (κ2) is 6.97. The van der Waals surface area contributed by atoms with Gasteiger partial charge in [0, 0.05) is 6.54 Å². The number of alkyl carbamates (subject to hydrolysis) is 1. The average Bonchev–Trinajstić information content (AvgIpc) is 2.43. The molecule has 0 saturated heterocycles. The molecular weight excluding hydrogens is 249 g/mol. The SMILES string of the molecule is [C-]#[N+]c1cc(F)ccc1C(C#N)CCNC(=O)OC. The van der Waals surface area contributed by atoms with Crippen molar-refractivity contribution in [3.63, 3.8) is 0 Å². The van der Waals surface area contributed by atoms with E-state index in [0.29, 0.717) is 12.0 Å². The van der Waals surface area contributed by atoms with Crippen LogP contribution in [0.4, 0.5) is 14.9 Å². The second-order valence-electron chi connectivity index (χ2n) is 3.70. The average molecular weight is 261 g/mol. The van der Waals surface area contributed by atoms with Crippen LogP contribution in [-0.2, 0) is 4.74 Å². The molecule has 1 aromatic carbocycles. The zero-order chi connectivity index (χ0) is 14.3. The summed E-state index contributed by atoms with van der Waals surface area (Å²) in [5, 5.41) is 11.6. The zero-order valence-corrected chi connectivity index (χ0v) is 10.3. The lowest BCUT2D eigenvalue weighted by molar-refractivity contribution is 0.171. The number of nitriles is 1. The van der Waals surface area contributed by atoms with Gasteiger partial charge in [0.15, 0.2) is 5.69 Å². The number of benzene rings is 1. The van der Waals surface area contributed by atoms with Gasteiger partial charge < -0.3 is 10.1 Å². The number of hydrogen-bond donors (Lipinski definition) is 1. The molecule has 0 fully saturated rings. The molecule has 98 valence electrons. The van der Waals surface area contributed by atoms with Gasteiger partial charge in [0.05, 0.1) is 25.7 Å². The largest absolute Gasteiger partial charge is 0.453 e. The topological polar surface area (TPSA) is 66.5 Å². The third-order valence-corrected chi connectivity index (χ3v) is 2.53. The normalized spacial score (nSPS) is 10.9. The fourth-order valence-corrected chi connectivity index (χ4v) is 1.59. The first-order valence-corrected chi connectivity index (χ1v) is 5.50. The van der Waals surface area contributed by atoms with Gasteiger partial charge in [-0.1, -0.05) is 6.07 Å². The summed E-state index contributed by atoms with van der Waals surface area (Å²) in [6.07, 6.45) is -0.263. The minimum atomic E-state index is -0.582. The molecule has 0 bridgehead atoms. The number of amides is 1. The molecule has 0 heterocycles. The van der Waals surface area contributed by atoms with Crippen molar-refractivity contribution in [2.75, 3.05) is 13.7 Å². The highest BCUT2D eigenvalue weighted by atomic mass is 19.1. The minimum absolute atomic E-state index is 0.115. The Morgan fingerprint density at radius 1 is 1.68 bits per heavy atom. The number of halogens is 1. The van der Waals surface area contributed by atoms with Crippen LogP contribution in [0.2, 0.25) is 0 Å². The van der Waals surface area contributed by atoms with Crippen molar-refractivity contribution in [2.45, 2.75) is 12.3 Å². The van der Waals surface area contributed by atoms with E-state index in [-0.39, 0.29) is 12.2 Å². The highest BCUT2D eigenvalue weighted by Gasteiger charge is 2.15. The minimum Gasteiger partial charge on any atom is -0.453 e. The molecule has 1 amide bonds. The number of nitrogens with zero attached hydrogens (tertiary/aromatic N) is 2. The van der Waals surface area contributed by atoms with E-state index < -0.39 is 17.8 Å². The molecule has 1 N–H and O–H groups in total. The van der Waals surface area contributed by atoms with Crippen LogP contribution in [-0.4, -0.2) is 19.7 Å². The van der Waals surface area contributed by atoms with Crippen LogP contribution in [0.15, 0.2) is 18.2 Å². The summed E-state index contributed by atoms with van der Waals surface area (Å²) in [6.45, 7) is 7.22. The molecule has 0 aliphatic heterocycles. The highest BCUT2D eigenvalue weighted by Crippen LogP contribution is 2.29. The van der Waals surface area contributed by atoms with Crippen molar-refractivity contribution in [3.05, 3.63) is 41.0 Å². The Hall–Kier alpha value is -2.60. The van der Waals surface area contributed by atoms with Crippen molar-refractivity contribution in [1.29, 1.82) is 5.26 Å². The number of carbonyl (C=O) groups excluding carboxylic acids is 1. The molecule has 1 unspecified atom stereocenters. The third kappa shape index (κ3) is 3.97. The van der Waals surface area contributed by atoms with Gasteiger partial charge in [-0.2, -0.15) is 5.26 Å². The van der Waals surface area contributed by atoms with E-state index in [1.165, 1.54) is 19.2 Å². The van der Waals surface area contributed by atoms with Gasteiger partial charge in [0.25, 0.3) is 0 Å². The van der Waals surface area contributed by atoms with Gasteiger partial charge in [-0.25, -0.2) is 14.0 Å². The standard InChI is InChI=1S/C13H12FN3O2/c1-16-12-7-10(14)3-4-11(12)9(8-15)5-6-17-13(18)19-2/h3-4,7,9H,5-6H2,2H3,(H,17,18). The van der Waals surface area contributed by atoms with Crippen molar-refractivity contribution in [1.82, 2.24) is 5.32 Å². The van der Waals surface area contributed by atoms with Crippen LogP contribution in [0, 0.1) is 23.7 Å². The molecule has 0 radical (unpaired) electrons. The van der Waals surface area contributed by atoms with Crippen LogP contribution < -0.4 is 5.32 Å². The van der Waals surface area contributed by atoms with Crippen molar-refractivity contribution < 1.29 is 13.9 Å². The number of methoxy groups -OCH3 is 1. The maximum absolute atomic E-state index is 13.0. The molecule has 0 aliphatic rings. The smallest absolute Gasteiger partial charge is 0.406 e. The van der Waals surface area contributed by atoms with Gasteiger partial charge in [-0.15, -0.1) is 0 Å². The van der Waals surface area contributed by atoms with Crippen LogP contribution >= 0.6 is 0 Å². The van der Waals surface area contributed by atoms with Crippen LogP contribution in [0.25, 0.3) is 4.85 Å². The lowest BCUT2D eigenvalue weighted by atomic mass is 9.95. The summed E-state index contributed by atoms with van der Waals surface area (Å²) >= 11 is 0. The molecule has 1 atom stereocenters. The summed E-state index contributed by atoms with van der Waals surface area (Å²) in [7, 11) is 1.24. The first kappa shape index (κ1) is 14.5. The van der Waals surface area contributed by atoms with Crippen LogP contribution in [0.3, 0.4) is 0 Å². The molecule has 0 aliphatic carbocycles. The Morgan fingerprint density at radius 3 is 3.00 bits per heavy atom. The van der Waals surface area contributed by atoms with Gasteiger partial charge in [-0.05, 0) is 24.1 Å². The Bertz CT molecular complexity index is 546. The molecule has 0 saturated carbocycles. The van der Waals surface area contributed by atoms with Crippen molar-refractivity contribution >= 4 is 11.8 Å². The Kier molecular flexibility index (Phi) is 5.31. The first-order valence-electron chi connectivity index (χ1n) is 5.50. The van der Waals surface area contributed by atoms with Gasteiger partial charge in [-0.3, -0.25) is 0 Å². The zero-order valence-electron chi connectivity index (χ0n) is 10.3. The molecule has 1 rings (SSSR count). The number of hydrogen-bond acceptors (Lipinski definition) is 3. The summed E-state index contributed by atoms with van der Waals surface area (Å²) in [5.41, 5.74) is 0.579. The predicted octanol–water partition coefficient (Wildman–Crippen LogP) is 2.73. The summed E-state index contributed by atoms with van der Waals surface area (Å²) in [5.74, 6) is -1.10. The van der Waals surface area contributed by atoms with E-state index in [4.69, 9.17) is 11.8 Å². The summed E-state index contributed by atoms with van der Waals surface area (Å²) < 4.78 is 17.4. The first-order chi connectivity index (χ1) is 9.12. The summed E-state index contributed by atoms with van der Waals surface area (Å²) in [6, 6.07) is 5.78. The van der Waals surface area contributed by atoms with E-state index >= 15 is 0 Å². The Balaban J connectivity index is 2.79. The Morgan fingerprint density at radius 2 is 2.42 bits per heavy atom. The van der Waals surface area contributed by atoms with E-state index in [2.05, 4.69) is 14.9 Å². The monoisotopic (exact) mass is 261 g/mol. The molecule has 0 spiro atoms.